The third kappa shape index (κ3) is 6.12. The van der Waals surface area contributed by atoms with Crippen LogP contribution in [0.5, 0.6) is 11.5 Å². The molecule has 4 nitrogen and oxygen atoms in total. The van der Waals surface area contributed by atoms with Gasteiger partial charge in [-0.15, -0.1) is 0 Å². The molecule has 0 saturated carbocycles. The van der Waals surface area contributed by atoms with Crippen molar-refractivity contribution in [2.75, 3.05) is 13.2 Å². The van der Waals surface area contributed by atoms with Crippen LogP contribution in [-0.2, 0) is 19.3 Å². The average molecular weight is 432 g/mol. The smallest absolute Gasteiger partial charge is 0.119 e. The van der Waals surface area contributed by atoms with E-state index >= 15 is 0 Å². The largest absolute Gasteiger partial charge is 0.493 e. The third-order valence-electron chi connectivity index (χ3n) is 6.34. The minimum absolute atomic E-state index is 0.206. The van der Waals surface area contributed by atoms with Crippen molar-refractivity contribution in [2.45, 2.75) is 44.2 Å². The molecule has 0 aromatic heterocycles. The van der Waals surface area contributed by atoms with E-state index in [-0.39, 0.29) is 18.6 Å². The molecule has 4 rings (SSSR count). The molecule has 0 bridgehead atoms. The summed E-state index contributed by atoms with van der Waals surface area (Å²) in [4.78, 5) is 0. The van der Waals surface area contributed by atoms with Gasteiger partial charge in [0.15, 0.2) is 0 Å². The van der Waals surface area contributed by atoms with Gasteiger partial charge in [-0.3, -0.25) is 0 Å². The molecule has 4 heteroatoms. The molecule has 32 heavy (non-hydrogen) atoms. The van der Waals surface area contributed by atoms with E-state index in [4.69, 9.17) is 15.2 Å². The minimum Gasteiger partial charge on any atom is -0.493 e. The number of aliphatic hydroxyl groups is 1. The molecule has 168 valence electrons. The normalized spacial score (nSPS) is 17.6. The Morgan fingerprint density at radius 3 is 2.41 bits per heavy atom. The van der Waals surface area contributed by atoms with Crippen LogP contribution >= 0.6 is 0 Å². The summed E-state index contributed by atoms with van der Waals surface area (Å²) in [5, 5.41) is 10.7. The van der Waals surface area contributed by atoms with Crippen LogP contribution in [0, 0.1) is 5.92 Å². The molecule has 2 unspecified atom stereocenters. The molecule has 3 atom stereocenters. The highest BCUT2D eigenvalue weighted by Gasteiger charge is 2.28. The van der Waals surface area contributed by atoms with Crippen LogP contribution in [0.3, 0.4) is 0 Å². The van der Waals surface area contributed by atoms with Crippen molar-refractivity contribution in [3.8, 4) is 11.5 Å². The van der Waals surface area contributed by atoms with Crippen LogP contribution in [0.15, 0.2) is 78.9 Å². The molecular weight excluding hydrogens is 398 g/mol. The van der Waals surface area contributed by atoms with Gasteiger partial charge in [-0.2, -0.15) is 0 Å². The van der Waals surface area contributed by atoms with E-state index in [1.165, 1.54) is 16.7 Å². The summed E-state index contributed by atoms with van der Waals surface area (Å²) in [7, 11) is 0. The fourth-order valence-electron chi connectivity index (χ4n) is 4.45. The molecule has 3 aromatic rings. The Labute approximate surface area is 191 Å². The standard InChI is InChI=1S/C28H33NO3/c29-28(27(30)20-32-25-12-5-2-6-13-25)23-11-7-10-22-14-15-26(19-24(22)18-23)31-17-16-21-8-3-1-4-9-21/h1-6,8-9,12-15,19,23,27-28,30H,7,10-11,16-18,20,29H2/t23?,27-,28?/m1/s1. The van der Waals surface area contributed by atoms with E-state index in [0.717, 1.165) is 43.6 Å². The number of benzene rings is 3. The van der Waals surface area contributed by atoms with Gasteiger partial charge in [-0.05, 0) is 72.6 Å². The Bertz CT molecular complexity index is 961. The van der Waals surface area contributed by atoms with Crippen LogP contribution in [0.1, 0.15) is 29.5 Å². The van der Waals surface area contributed by atoms with Crippen LogP contribution in [-0.4, -0.2) is 30.5 Å². The maximum atomic E-state index is 10.7. The second kappa shape index (κ2) is 11.2. The predicted octanol–water partition coefficient (Wildman–Crippen LogP) is 4.57. The highest BCUT2D eigenvalue weighted by Crippen LogP contribution is 2.30. The van der Waals surface area contributed by atoms with Gasteiger partial charge in [0.05, 0.1) is 6.61 Å². The van der Waals surface area contributed by atoms with Crippen molar-refractivity contribution in [3.05, 3.63) is 95.6 Å². The van der Waals surface area contributed by atoms with Gasteiger partial charge in [0, 0.05) is 12.5 Å². The van der Waals surface area contributed by atoms with Crippen molar-refractivity contribution in [1.29, 1.82) is 0 Å². The molecule has 1 aliphatic carbocycles. The van der Waals surface area contributed by atoms with Gasteiger partial charge in [-0.1, -0.05) is 54.6 Å². The van der Waals surface area contributed by atoms with Crippen molar-refractivity contribution < 1.29 is 14.6 Å². The van der Waals surface area contributed by atoms with E-state index in [1.54, 1.807) is 0 Å². The van der Waals surface area contributed by atoms with Gasteiger partial charge in [0.1, 0.15) is 24.2 Å². The molecule has 0 radical (unpaired) electrons. The molecule has 0 fully saturated rings. The van der Waals surface area contributed by atoms with Crippen molar-refractivity contribution in [2.24, 2.45) is 11.7 Å². The number of aliphatic hydroxyl groups excluding tert-OH is 1. The summed E-state index contributed by atoms with van der Waals surface area (Å²) in [6.45, 7) is 0.860. The van der Waals surface area contributed by atoms with E-state index < -0.39 is 6.10 Å². The first-order valence-electron chi connectivity index (χ1n) is 11.6. The lowest BCUT2D eigenvalue weighted by molar-refractivity contribution is 0.0645. The molecule has 0 spiro atoms. The molecule has 0 aliphatic heterocycles. The quantitative estimate of drug-likeness (QED) is 0.487. The molecule has 0 amide bonds. The second-order valence-electron chi connectivity index (χ2n) is 8.64. The van der Waals surface area contributed by atoms with E-state index in [2.05, 4.69) is 42.5 Å². The zero-order valence-electron chi connectivity index (χ0n) is 18.5. The van der Waals surface area contributed by atoms with Crippen LogP contribution in [0.2, 0.25) is 0 Å². The Morgan fingerprint density at radius 2 is 1.62 bits per heavy atom. The molecule has 1 aliphatic rings. The summed E-state index contributed by atoms with van der Waals surface area (Å²) < 4.78 is 11.8. The Hall–Kier alpha value is -2.82. The lowest BCUT2D eigenvalue weighted by atomic mass is 9.87. The minimum atomic E-state index is -0.702. The van der Waals surface area contributed by atoms with Gasteiger partial charge in [0.2, 0.25) is 0 Å². The molecule has 0 saturated heterocycles. The maximum absolute atomic E-state index is 10.7. The van der Waals surface area contributed by atoms with Gasteiger partial charge in [0.25, 0.3) is 0 Å². The number of aryl methyl sites for hydroxylation is 1. The molecule has 3 N–H and O–H groups in total. The van der Waals surface area contributed by atoms with E-state index in [1.807, 2.05) is 36.4 Å². The number of para-hydroxylation sites is 1. The highest BCUT2D eigenvalue weighted by molar-refractivity contribution is 5.37. The topological polar surface area (TPSA) is 64.7 Å². The van der Waals surface area contributed by atoms with Gasteiger partial charge < -0.3 is 20.3 Å². The number of ether oxygens (including phenoxy) is 2. The summed E-state index contributed by atoms with van der Waals surface area (Å²) in [5.74, 6) is 1.87. The molecule has 3 aromatic carbocycles. The highest BCUT2D eigenvalue weighted by atomic mass is 16.5. The van der Waals surface area contributed by atoms with Crippen LogP contribution in [0.25, 0.3) is 0 Å². The number of rotatable bonds is 9. The maximum Gasteiger partial charge on any atom is 0.119 e. The summed E-state index contributed by atoms with van der Waals surface area (Å²) in [5.41, 5.74) is 10.4. The summed E-state index contributed by atoms with van der Waals surface area (Å²) in [6, 6.07) is 26.1. The van der Waals surface area contributed by atoms with Gasteiger partial charge >= 0.3 is 0 Å². The molecule has 0 heterocycles. The van der Waals surface area contributed by atoms with Crippen LogP contribution in [0.4, 0.5) is 0 Å². The first-order valence-corrected chi connectivity index (χ1v) is 11.6. The van der Waals surface area contributed by atoms with Crippen molar-refractivity contribution >= 4 is 0 Å². The SMILES string of the molecule is NC(C1CCCc2ccc(OCCc3ccccc3)cc2C1)[C@H](O)COc1ccccc1. The summed E-state index contributed by atoms with van der Waals surface area (Å²) in [6.07, 6.45) is 4.16. The fourth-order valence-corrected chi connectivity index (χ4v) is 4.45. The number of fused-ring (bicyclic) bond motifs is 1. The van der Waals surface area contributed by atoms with Crippen LogP contribution < -0.4 is 15.2 Å². The average Bonchev–Trinajstić information content (AvgIpc) is 3.05. The Balaban J connectivity index is 1.34. The number of hydrogen-bond donors (Lipinski definition) is 2. The number of nitrogens with two attached hydrogens (primary N) is 1. The Morgan fingerprint density at radius 1 is 0.875 bits per heavy atom. The first kappa shape index (κ1) is 22.4. The monoisotopic (exact) mass is 431 g/mol. The summed E-state index contributed by atoms with van der Waals surface area (Å²) >= 11 is 0. The van der Waals surface area contributed by atoms with E-state index in [9.17, 15) is 5.11 Å². The lowest BCUT2D eigenvalue weighted by Crippen LogP contribution is -2.45. The Kier molecular flexibility index (Phi) is 7.81. The first-order chi connectivity index (χ1) is 15.7. The van der Waals surface area contributed by atoms with Crippen molar-refractivity contribution in [3.63, 3.8) is 0 Å². The lowest BCUT2D eigenvalue weighted by Gasteiger charge is -2.27. The third-order valence-corrected chi connectivity index (χ3v) is 6.34. The molecular formula is C28H33NO3. The zero-order chi connectivity index (χ0) is 22.2. The van der Waals surface area contributed by atoms with Crippen molar-refractivity contribution in [1.82, 2.24) is 0 Å². The second-order valence-corrected chi connectivity index (χ2v) is 8.64. The predicted molar refractivity (Wildman–Crippen MR) is 128 cm³/mol. The van der Waals surface area contributed by atoms with E-state index in [0.29, 0.717) is 6.61 Å². The number of hydrogen-bond acceptors (Lipinski definition) is 4. The fraction of sp³-hybridized carbons (Fsp3) is 0.357. The van der Waals surface area contributed by atoms with Gasteiger partial charge in [-0.25, -0.2) is 0 Å². The zero-order valence-corrected chi connectivity index (χ0v) is 18.5.